The normalized spacial score (nSPS) is 17.6. The van der Waals surface area contributed by atoms with Crippen molar-refractivity contribution in [2.75, 3.05) is 0 Å². The van der Waals surface area contributed by atoms with E-state index in [2.05, 4.69) is 34.8 Å². The number of hydrogen-bond donors (Lipinski definition) is 2. The molecule has 0 bridgehead atoms. The van der Waals surface area contributed by atoms with E-state index in [1.807, 2.05) is 19.1 Å². The molecule has 5 heteroatoms. The minimum Gasteiger partial charge on any atom is -0.358 e. The number of aryl methyl sites for hydroxylation is 3. The molecule has 130 valence electrons. The van der Waals surface area contributed by atoms with Crippen LogP contribution < -0.4 is 4.72 Å². The van der Waals surface area contributed by atoms with Gasteiger partial charge < -0.3 is 4.98 Å². The molecule has 0 amide bonds. The molecule has 1 aromatic heterocycles. The van der Waals surface area contributed by atoms with E-state index >= 15 is 0 Å². The fourth-order valence-electron chi connectivity index (χ4n) is 3.65. The number of nitrogens with one attached hydrogen (secondary N) is 2. The Morgan fingerprint density at radius 3 is 2.52 bits per heavy atom. The minimum absolute atomic E-state index is 0.0760. The Morgan fingerprint density at radius 1 is 1.04 bits per heavy atom. The average Bonchev–Trinajstić information content (AvgIpc) is 2.92. The summed E-state index contributed by atoms with van der Waals surface area (Å²) in [5.74, 6) is 0. The van der Waals surface area contributed by atoms with Crippen molar-refractivity contribution >= 4 is 20.9 Å². The number of benzene rings is 2. The van der Waals surface area contributed by atoms with E-state index in [0.717, 1.165) is 29.6 Å². The number of fused-ring (bicyclic) bond motifs is 3. The number of aromatic nitrogens is 1. The van der Waals surface area contributed by atoms with E-state index < -0.39 is 10.0 Å². The van der Waals surface area contributed by atoms with Gasteiger partial charge in [0, 0.05) is 29.1 Å². The van der Waals surface area contributed by atoms with E-state index in [-0.39, 0.29) is 6.04 Å². The Morgan fingerprint density at radius 2 is 1.76 bits per heavy atom. The van der Waals surface area contributed by atoms with Crippen LogP contribution in [0.5, 0.6) is 0 Å². The van der Waals surface area contributed by atoms with Crippen LogP contribution in [0.15, 0.2) is 47.4 Å². The van der Waals surface area contributed by atoms with Crippen LogP contribution >= 0.6 is 0 Å². The number of sulfonamides is 1. The largest absolute Gasteiger partial charge is 0.358 e. The van der Waals surface area contributed by atoms with Crippen LogP contribution in [0.4, 0.5) is 0 Å². The number of rotatable bonds is 3. The van der Waals surface area contributed by atoms with Gasteiger partial charge >= 0.3 is 0 Å². The Bertz CT molecular complexity index is 1030. The Kier molecular flexibility index (Phi) is 3.93. The Labute approximate surface area is 148 Å². The molecule has 25 heavy (non-hydrogen) atoms. The third-order valence-electron chi connectivity index (χ3n) is 5.00. The predicted octanol–water partition coefficient (Wildman–Crippen LogP) is 3.62. The van der Waals surface area contributed by atoms with Gasteiger partial charge in [0.1, 0.15) is 0 Å². The van der Waals surface area contributed by atoms with Gasteiger partial charge in [-0.05, 0) is 56.5 Å². The van der Waals surface area contributed by atoms with Gasteiger partial charge in [0.25, 0.3) is 0 Å². The van der Waals surface area contributed by atoms with Crippen molar-refractivity contribution in [3.05, 3.63) is 64.8 Å². The van der Waals surface area contributed by atoms with Gasteiger partial charge in [-0.2, -0.15) is 0 Å². The topological polar surface area (TPSA) is 62.0 Å². The fourth-order valence-corrected chi connectivity index (χ4v) is 4.92. The van der Waals surface area contributed by atoms with E-state index in [4.69, 9.17) is 0 Å². The zero-order valence-corrected chi connectivity index (χ0v) is 15.3. The number of aromatic amines is 1. The molecule has 3 aromatic rings. The summed E-state index contributed by atoms with van der Waals surface area (Å²) in [6, 6.07) is 13.3. The summed E-state index contributed by atoms with van der Waals surface area (Å²) in [5, 5.41) is 1.27. The lowest BCUT2D eigenvalue weighted by molar-refractivity contribution is 0.505. The summed E-state index contributed by atoms with van der Waals surface area (Å²) in [6.07, 6.45) is 2.41. The fraction of sp³-hybridized carbons (Fsp3) is 0.300. The Hall–Kier alpha value is -2.11. The van der Waals surface area contributed by atoms with Gasteiger partial charge in [-0.3, -0.25) is 0 Å². The summed E-state index contributed by atoms with van der Waals surface area (Å²) >= 11 is 0. The van der Waals surface area contributed by atoms with Gasteiger partial charge in [-0.15, -0.1) is 0 Å². The molecule has 0 saturated heterocycles. The predicted molar refractivity (Wildman–Crippen MR) is 100 cm³/mol. The highest BCUT2D eigenvalue weighted by Crippen LogP contribution is 2.30. The standard InChI is InChI=1S/C20H22N2O2S/c1-13-3-7-16(8-4-13)25(23,24)22-15-6-9-17-18-11-14(2)5-10-19(18)21-20(17)12-15/h3-5,7-8,10-11,15,21-22H,6,9,12H2,1-2H3. The van der Waals surface area contributed by atoms with Gasteiger partial charge in [0.15, 0.2) is 0 Å². The van der Waals surface area contributed by atoms with Crippen molar-refractivity contribution in [2.24, 2.45) is 0 Å². The lowest BCUT2D eigenvalue weighted by atomic mass is 9.92. The van der Waals surface area contributed by atoms with Gasteiger partial charge in [0.2, 0.25) is 10.0 Å². The number of H-pyrrole nitrogens is 1. The molecule has 1 aliphatic carbocycles. The quantitative estimate of drug-likeness (QED) is 0.755. The molecule has 4 nitrogen and oxygen atoms in total. The molecule has 4 rings (SSSR count). The monoisotopic (exact) mass is 354 g/mol. The van der Waals surface area contributed by atoms with Crippen LogP contribution in [0.1, 0.15) is 28.8 Å². The molecular formula is C20H22N2O2S. The zero-order chi connectivity index (χ0) is 17.6. The first-order valence-electron chi connectivity index (χ1n) is 8.61. The highest BCUT2D eigenvalue weighted by atomic mass is 32.2. The van der Waals surface area contributed by atoms with E-state index in [0.29, 0.717) is 11.3 Å². The molecule has 0 spiro atoms. The highest BCUT2D eigenvalue weighted by molar-refractivity contribution is 7.89. The molecule has 0 radical (unpaired) electrons. The molecule has 0 fully saturated rings. The third kappa shape index (κ3) is 3.10. The van der Waals surface area contributed by atoms with Crippen LogP contribution in [-0.4, -0.2) is 19.4 Å². The van der Waals surface area contributed by atoms with Crippen LogP contribution in [0, 0.1) is 13.8 Å². The average molecular weight is 354 g/mol. The smallest absolute Gasteiger partial charge is 0.240 e. The first-order valence-corrected chi connectivity index (χ1v) is 10.1. The molecule has 1 aliphatic rings. The van der Waals surface area contributed by atoms with Crippen molar-refractivity contribution in [1.29, 1.82) is 0 Å². The second-order valence-electron chi connectivity index (χ2n) is 7.01. The second-order valence-corrected chi connectivity index (χ2v) is 8.72. The summed E-state index contributed by atoms with van der Waals surface area (Å²) < 4.78 is 28.1. The lowest BCUT2D eigenvalue weighted by Gasteiger charge is -2.23. The van der Waals surface area contributed by atoms with Crippen molar-refractivity contribution < 1.29 is 8.42 Å². The minimum atomic E-state index is -3.48. The molecule has 2 N–H and O–H groups in total. The molecular weight excluding hydrogens is 332 g/mol. The van der Waals surface area contributed by atoms with E-state index in [1.54, 1.807) is 12.1 Å². The molecule has 1 atom stereocenters. The van der Waals surface area contributed by atoms with Crippen LogP contribution in [-0.2, 0) is 22.9 Å². The molecule has 1 heterocycles. The van der Waals surface area contributed by atoms with Gasteiger partial charge in [0.05, 0.1) is 4.90 Å². The van der Waals surface area contributed by atoms with Crippen molar-refractivity contribution in [3.63, 3.8) is 0 Å². The lowest BCUT2D eigenvalue weighted by Crippen LogP contribution is -2.38. The van der Waals surface area contributed by atoms with Crippen molar-refractivity contribution in [3.8, 4) is 0 Å². The molecule has 0 aliphatic heterocycles. The van der Waals surface area contributed by atoms with Crippen LogP contribution in [0.25, 0.3) is 10.9 Å². The third-order valence-corrected chi connectivity index (χ3v) is 6.53. The highest BCUT2D eigenvalue weighted by Gasteiger charge is 2.26. The zero-order valence-electron chi connectivity index (χ0n) is 14.5. The van der Waals surface area contributed by atoms with E-state index in [9.17, 15) is 8.42 Å². The molecule has 0 saturated carbocycles. The number of hydrogen-bond acceptors (Lipinski definition) is 2. The van der Waals surface area contributed by atoms with E-state index in [1.165, 1.54) is 16.5 Å². The summed E-state index contributed by atoms with van der Waals surface area (Å²) in [4.78, 5) is 3.80. The first-order chi connectivity index (χ1) is 11.9. The van der Waals surface area contributed by atoms with Crippen molar-refractivity contribution in [1.82, 2.24) is 9.71 Å². The maximum absolute atomic E-state index is 12.6. The Balaban J connectivity index is 1.58. The van der Waals surface area contributed by atoms with Crippen LogP contribution in [0.2, 0.25) is 0 Å². The maximum Gasteiger partial charge on any atom is 0.240 e. The SMILES string of the molecule is Cc1ccc(S(=O)(=O)NC2CCc3c([nH]c4ccc(C)cc34)C2)cc1. The van der Waals surface area contributed by atoms with Gasteiger partial charge in [-0.25, -0.2) is 13.1 Å². The second kappa shape index (κ2) is 6.00. The van der Waals surface area contributed by atoms with Gasteiger partial charge in [-0.1, -0.05) is 29.3 Å². The summed E-state index contributed by atoms with van der Waals surface area (Å²) in [7, 11) is -3.48. The molecule has 1 unspecified atom stereocenters. The maximum atomic E-state index is 12.6. The van der Waals surface area contributed by atoms with Crippen LogP contribution in [0.3, 0.4) is 0 Å². The molecule has 2 aromatic carbocycles. The van der Waals surface area contributed by atoms with Crippen molar-refractivity contribution in [2.45, 2.75) is 44.0 Å². The summed E-state index contributed by atoms with van der Waals surface area (Å²) in [6.45, 7) is 4.05. The first kappa shape index (κ1) is 16.4. The summed E-state index contributed by atoms with van der Waals surface area (Å²) in [5.41, 5.74) is 5.93.